The molecule has 104 valence electrons. The van der Waals surface area contributed by atoms with Crippen LogP contribution >= 0.6 is 23.2 Å². The molecule has 2 fully saturated rings. The SMILES string of the molecule is CCC1CN2CCCC2CN1c1c(Cl)cccc1Cl. The van der Waals surface area contributed by atoms with Crippen molar-refractivity contribution >= 4 is 28.9 Å². The molecule has 2 aliphatic heterocycles. The maximum atomic E-state index is 6.39. The van der Waals surface area contributed by atoms with Crippen molar-refractivity contribution in [3.05, 3.63) is 28.2 Å². The topological polar surface area (TPSA) is 6.48 Å². The molecule has 2 unspecified atom stereocenters. The molecule has 2 aliphatic rings. The lowest BCUT2D eigenvalue weighted by molar-refractivity contribution is 0.195. The fraction of sp³-hybridized carbons (Fsp3) is 0.600. The van der Waals surface area contributed by atoms with Crippen LogP contribution in [0.4, 0.5) is 5.69 Å². The third kappa shape index (κ3) is 2.46. The van der Waals surface area contributed by atoms with E-state index in [0.29, 0.717) is 12.1 Å². The van der Waals surface area contributed by atoms with Gasteiger partial charge in [-0.15, -0.1) is 0 Å². The van der Waals surface area contributed by atoms with Crippen LogP contribution in [0.2, 0.25) is 10.0 Å². The Hall–Kier alpha value is -0.440. The van der Waals surface area contributed by atoms with Crippen molar-refractivity contribution < 1.29 is 0 Å². The minimum Gasteiger partial charge on any atom is -0.363 e. The Labute approximate surface area is 125 Å². The second kappa shape index (κ2) is 5.51. The smallest absolute Gasteiger partial charge is 0.0748 e. The van der Waals surface area contributed by atoms with Crippen molar-refractivity contribution in [3.63, 3.8) is 0 Å². The van der Waals surface area contributed by atoms with E-state index in [9.17, 15) is 0 Å². The van der Waals surface area contributed by atoms with Crippen molar-refractivity contribution in [2.24, 2.45) is 0 Å². The van der Waals surface area contributed by atoms with Crippen LogP contribution < -0.4 is 4.90 Å². The van der Waals surface area contributed by atoms with E-state index in [1.807, 2.05) is 18.2 Å². The molecular weight excluding hydrogens is 279 g/mol. The third-order valence-corrected chi connectivity index (χ3v) is 5.10. The first kappa shape index (κ1) is 13.5. The molecule has 19 heavy (non-hydrogen) atoms. The average Bonchev–Trinajstić information content (AvgIpc) is 2.84. The molecule has 2 heterocycles. The van der Waals surface area contributed by atoms with Gasteiger partial charge in [-0.05, 0) is 37.9 Å². The Kier molecular flexibility index (Phi) is 3.93. The monoisotopic (exact) mass is 298 g/mol. The lowest BCUT2D eigenvalue weighted by Gasteiger charge is -2.45. The molecule has 0 aliphatic carbocycles. The summed E-state index contributed by atoms with van der Waals surface area (Å²) in [4.78, 5) is 5.08. The van der Waals surface area contributed by atoms with Crippen LogP contribution in [-0.2, 0) is 0 Å². The van der Waals surface area contributed by atoms with Crippen molar-refractivity contribution in [1.29, 1.82) is 0 Å². The van der Waals surface area contributed by atoms with Gasteiger partial charge in [0.15, 0.2) is 0 Å². The second-order valence-corrected chi connectivity index (χ2v) is 6.39. The minimum absolute atomic E-state index is 0.520. The highest BCUT2D eigenvalue weighted by atomic mass is 35.5. The molecule has 2 nitrogen and oxygen atoms in total. The first-order valence-electron chi connectivity index (χ1n) is 7.15. The van der Waals surface area contributed by atoms with Crippen molar-refractivity contribution in [1.82, 2.24) is 4.90 Å². The van der Waals surface area contributed by atoms with E-state index in [4.69, 9.17) is 23.2 Å². The number of anilines is 1. The highest BCUT2D eigenvalue weighted by Crippen LogP contribution is 2.38. The van der Waals surface area contributed by atoms with Crippen molar-refractivity contribution in [2.45, 2.75) is 38.3 Å². The normalized spacial score (nSPS) is 27.6. The van der Waals surface area contributed by atoms with Crippen LogP contribution in [0.5, 0.6) is 0 Å². The summed E-state index contributed by atoms with van der Waals surface area (Å²) in [5, 5.41) is 1.55. The lowest BCUT2D eigenvalue weighted by atomic mass is 10.0. The maximum absolute atomic E-state index is 6.39. The van der Waals surface area contributed by atoms with Gasteiger partial charge in [0.25, 0.3) is 0 Å². The molecule has 0 radical (unpaired) electrons. The van der Waals surface area contributed by atoms with E-state index < -0.39 is 0 Å². The van der Waals surface area contributed by atoms with E-state index in [1.165, 1.54) is 19.4 Å². The predicted octanol–water partition coefficient (Wildman–Crippen LogP) is 4.06. The standard InChI is InChI=1S/C15H20Cl2N2/c1-2-11-9-18-8-4-5-12(18)10-19(11)15-13(16)6-3-7-14(15)17/h3,6-7,11-12H,2,4-5,8-10H2,1H3. The zero-order chi connectivity index (χ0) is 13.4. The van der Waals surface area contributed by atoms with Gasteiger partial charge in [0.05, 0.1) is 15.7 Å². The van der Waals surface area contributed by atoms with E-state index >= 15 is 0 Å². The second-order valence-electron chi connectivity index (χ2n) is 5.58. The van der Waals surface area contributed by atoms with Gasteiger partial charge >= 0.3 is 0 Å². The Bertz CT molecular complexity index is 443. The number of fused-ring (bicyclic) bond motifs is 1. The largest absolute Gasteiger partial charge is 0.363 e. The highest BCUT2D eigenvalue weighted by Gasteiger charge is 2.36. The van der Waals surface area contributed by atoms with Gasteiger partial charge in [0.2, 0.25) is 0 Å². The number of benzene rings is 1. The average molecular weight is 299 g/mol. The van der Waals surface area contributed by atoms with Crippen LogP contribution in [0, 0.1) is 0 Å². The fourth-order valence-electron chi connectivity index (χ4n) is 3.47. The first-order valence-corrected chi connectivity index (χ1v) is 7.91. The quantitative estimate of drug-likeness (QED) is 0.812. The number of hydrogen-bond acceptors (Lipinski definition) is 2. The molecule has 0 spiro atoms. The van der Waals surface area contributed by atoms with E-state index in [2.05, 4.69) is 16.7 Å². The van der Waals surface area contributed by atoms with Crippen LogP contribution in [0.1, 0.15) is 26.2 Å². The van der Waals surface area contributed by atoms with Gasteiger partial charge in [0.1, 0.15) is 0 Å². The summed E-state index contributed by atoms with van der Waals surface area (Å²) in [7, 11) is 0. The number of nitrogens with zero attached hydrogens (tertiary/aromatic N) is 2. The Morgan fingerprint density at radius 2 is 1.95 bits per heavy atom. The summed E-state index contributed by atoms with van der Waals surface area (Å²) in [5.74, 6) is 0. The molecule has 4 heteroatoms. The van der Waals surface area contributed by atoms with Gasteiger partial charge in [0, 0.05) is 25.2 Å². The number of para-hydroxylation sites is 1. The Morgan fingerprint density at radius 3 is 2.63 bits per heavy atom. The molecular formula is C15H20Cl2N2. The number of rotatable bonds is 2. The molecule has 0 aromatic heterocycles. The summed E-state index contributed by atoms with van der Waals surface area (Å²) in [6.07, 6.45) is 3.75. The fourth-order valence-corrected chi connectivity index (χ4v) is 4.09. The van der Waals surface area contributed by atoms with E-state index in [0.717, 1.165) is 35.2 Å². The van der Waals surface area contributed by atoms with Crippen LogP contribution in [0.3, 0.4) is 0 Å². The minimum atomic E-state index is 0.520. The number of piperazine rings is 1. The Balaban J connectivity index is 1.93. The first-order chi connectivity index (χ1) is 9.20. The van der Waals surface area contributed by atoms with Crippen LogP contribution in [0.25, 0.3) is 0 Å². The maximum Gasteiger partial charge on any atom is 0.0748 e. The summed E-state index contributed by atoms with van der Waals surface area (Å²) in [5.41, 5.74) is 1.03. The van der Waals surface area contributed by atoms with E-state index in [1.54, 1.807) is 0 Å². The number of hydrogen-bond donors (Lipinski definition) is 0. The molecule has 0 bridgehead atoms. The van der Waals surface area contributed by atoms with Crippen LogP contribution in [-0.4, -0.2) is 36.6 Å². The number of halogens is 2. The van der Waals surface area contributed by atoms with Crippen molar-refractivity contribution in [3.8, 4) is 0 Å². The summed E-state index contributed by atoms with van der Waals surface area (Å²) in [6.45, 7) is 5.70. The molecule has 0 amide bonds. The van der Waals surface area contributed by atoms with Gasteiger partial charge in [-0.1, -0.05) is 36.2 Å². The molecule has 1 aromatic rings. The van der Waals surface area contributed by atoms with Gasteiger partial charge in [-0.2, -0.15) is 0 Å². The Morgan fingerprint density at radius 1 is 1.21 bits per heavy atom. The van der Waals surface area contributed by atoms with Gasteiger partial charge < -0.3 is 4.90 Å². The van der Waals surface area contributed by atoms with E-state index in [-0.39, 0.29) is 0 Å². The molecule has 0 saturated carbocycles. The van der Waals surface area contributed by atoms with Crippen molar-refractivity contribution in [2.75, 3.05) is 24.5 Å². The zero-order valence-corrected chi connectivity index (χ0v) is 12.8. The van der Waals surface area contributed by atoms with Gasteiger partial charge in [-0.3, -0.25) is 4.90 Å². The highest BCUT2D eigenvalue weighted by molar-refractivity contribution is 6.39. The zero-order valence-electron chi connectivity index (χ0n) is 11.3. The van der Waals surface area contributed by atoms with Crippen LogP contribution in [0.15, 0.2) is 18.2 Å². The molecule has 3 rings (SSSR count). The summed E-state index contributed by atoms with van der Waals surface area (Å²) < 4.78 is 0. The molecule has 1 aromatic carbocycles. The van der Waals surface area contributed by atoms with Gasteiger partial charge in [-0.25, -0.2) is 0 Å². The summed E-state index contributed by atoms with van der Waals surface area (Å²) >= 11 is 12.8. The molecule has 2 saturated heterocycles. The third-order valence-electron chi connectivity index (χ3n) is 4.49. The predicted molar refractivity (Wildman–Crippen MR) is 82.5 cm³/mol. The lowest BCUT2D eigenvalue weighted by Crippen LogP contribution is -2.56. The summed E-state index contributed by atoms with van der Waals surface area (Å²) in [6, 6.07) is 7.00. The molecule has 2 atom stereocenters. The molecule has 0 N–H and O–H groups in total.